The summed E-state index contributed by atoms with van der Waals surface area (Å²) in [6, 6.07) is 17.2. The van der Waals surface area contributed by atoms with Crippen molar-refractivity contribution in [1.82, 2.24) is 24.7 Å². The molecular weight excluding hydrogens is 432 g/mol. The minimum atomic E-state index is -0.419. The topological polar surface area (TPSA) is 85.6 Å². The third-order valence-electron chi connectivity index (χ3n) is 4.45. The highest BCUT2D eigenvalue weighted by molar-refractivity contribution is 8.00. The van der Waals surface area contributed by atoms with Crippen molar-refractivity contribution in [2.75, 3.05) is 5.32 Å². The SMILES string of the molecule is C[C@H](Sc1nnc(-c2cccnc2)n1Cc1ccccc1)C(=O)Nc1ccc(Cl)cn1. The number of rotatable bonds is 7. The van der Waals surface area contributed by atoms with Gasteiger partial charge in [0.2, 0.25) is 5.91 Å². The van der Waals surface area contributed by atoms with Crippen LogP contribution in [0.25, 0.3) is 11.4 Å². The molecule has 31 heavy (non-hydrogen) atoms. The fraction of sp³-hybridized carbons (Fsp3) is 0.136. The van der Waals surface area contributed by atoms with Crippen LogP contribution in [0.3, 0.4) is 0 Å². The normalized spacial score (nSPS) is 11.8. The summed E-state index contributed by atoms with van der Waals surface area (Å²) in [6.45, 7) is 2.40. The van der Waals surface area contributed by atoms with Gasteiger partial charge in [-0.3, -0.25) is 14.3 Å². The second kappa shape index (κ2) is 9.72. The van der Waals surface area contributed by atoms with Gasteiger partial charge in [-0.1, -0.05) is 53.7 Å². The zero-order valence-corrected chi connectivity index (χ0v) is 18.2. The van der Waals surface area contributed by atoms with Crippen LogP contribution >= 0.6 is 23.4 Å². The molecule has 3 aromatic heterocycles. The van der Waals surface area contributed by atoms with Crippen molar-refractivity contribution in [2.45, 2.75) is 23.9 Å². The fourth-order valence-corrected chi connectivity index (χ4v) is 3.84. The van der Waals surface area contributed by atoms with Crippen molar-refractivity contribution in [3.05, 3.63) is 83.8 Å². The molecule has 0 bridgehead atoms. The van der Waals surface area contributed by atoms with Gasteiger partial charge in [0.25, 0.3) is 0 Å². The van der Waals surface area contributed by atoms with Gasteiger partial charge in [-0.2, -0.15) is 0 Å². The number of halogens is 1. The summed E-state index contributed by atoms with van der Waals surface area (Å²) in [7, 11) is 0. The Morgan fingerprint density at radius 2 is 1.94 bits per heavy atom. The van der Waals surface area contributed by atoms with Gasteiger partial charge in [0.1, 0.15) is 5.82 Å². The molecule has 0 saturated carbocycles. The molecule has 0 aliphatic carbocycles. The first-order valence-corrected chi connectivity index (χ1v) is 10.8. The minimum Gasteiger partial charge on any atom is -0.310 e. The fourth-order valence-electron chi connectivity index (χ4n) is 2.88. The predicted octanol–water partition coefficient (Wildman–Crippen LogP) is 4.56. The maximum atomic E-state index is 12.7. The number of aromatic nitrogens is 5. The molecule has 4 aromatic rings. The third kappa shape index (κ3) is 5.28. The van der Waals surface area contributed by atoms with Crippen LogP contribution in [0.15, 0.2) is 78.3 Å². The average molecular weight is 451 g/mol. The summed E-state index contributed by atoms with van der Waals surface area (Å²) in [5, 5.41) is 12.3. The third-order valence-corrected chi connectivity index (χ3v) is 5.75. The lowest BCUT2D eigenvalue weighted by Crippen LogP contribution is -2.23. The van der Waals surface area contributed by atoms with E-state index in [0.29, 0.717) is 28.4 Å². The smallest absolute Gasteiger partial charge is 0.238 e. The van der Waals surface area contributed by atoms with Gasteiger partial charge in [-0.05, 0) is 36.8 Å². The molecule has 0 unspecified atom stereocenters. The number of thioether (sulfide) groups is 1. The summed E-state index contributed by atoms with van der Waals surface area (Å²) in [5.74, 6) is 0.965. The Labute approximate surface area is 188 Å². The minimum absolute atomic E-state index is 0.183. The van der Waals surface area contributed by atoms with Gasteiger partial charge in [-0.25, -0.2) is 4.98 Å². The maximum Gasteiger partial charge on any atom is 0.238 e. The molecule has 156 valence electrons. The van der Waals surface area contributed by atoms with Crippen molar-refractivity contribution in [3.63, 3.8) is 0 Å². The number of amides is 1. The molecule has 3 heterocycles. The predicted molar refractivity (Wildman–Crippen MR) is 122 cm³/mol. The number of nitrogens with one attached hydrogen (secondary N) is 1. The Hall–Kier alpha value is -3.23. The van der Waals surface area contributed by atoms with Crippen molar-refractivity contribution in [1.29, 1.82) is 0 Å². The molecule has 4 rings (SSSR count). The molecule has 1 N–H and O–H groups in total. The Bertz CT molecular complexity index is 1150. The second-order valence-electron chi connectivity index (χ2n) is 6.73. The number of pyridine rings is 2. The molecule has 0 radical (unpaired) electrons. The molecule has 0 saturated heterocycles. The van der Waals surface area contributed by atoms with E-state index in [1.54, 1.807) is 24.5 Å². The summed E-state index contributed by atoms with van der Waals surface area (Å²) in [4.78, 5) is 21.0. The maximum absolute atomic E-state index is 12.7. The van der Waals surface area contributed by atoms with Gasteiger partial charge in [0.15, 0.2) is 11.0 Å². The number of hydrogen-bond acceptors (Lipinski definition) is 6. The van der Waals surface area contributed by atoms with Gasteiger partial charge in [0, 0.05) is 24.2 Å². The highest BCUT2D eigenvalue weighted by Gasteiger charge is 2.21. The van der Waals surface area contributed by atoms with Crippen LogP contribution in [-0.4, -0.2) is 35.9 Å². The molecule has 7 nitrogen and oxygen atoms in total. The molecular formula is C22H19ClN6OS. The highest BCUT2D eigenvalue weighted by Crippen LogP contribution is 2.28. The van der Waals surface area contributed by atoms with E-state index in [9.17, 15) is 4.79 Å². The lowest BCUT2D eigenvalue weighted by atomic mass is 10.2. The van der Waals surface area contributed by atoms with Crippen molar-refractivity contribution in [3.8, 4) is 11.4 Å². The first kappa shape index (κ1) is 21.0. The zero-order valence-electron chi connectivity index (χ0n) is 16.6. The van der Waals surface area contributed by atoms with Crippen molar-refractivity contribution in [2.24, 2.45) is 0 Å². The van der Waals surface area contributed by atoms with E-state index in [-0.39, 0.29) is 5.91 Å². The van der Waals surface area contributed by atoms with Gasteiger partial charge >= 0.3 is 0 Å². The molecule has 0 spiro atoms. The standard InChI is InChI=1S/C22H19ClN6OS/c1-15(21(30)26-19-10-9-18(23)13-25-19)31-22-28-27-20(17-8-5-11-24-12-17)29(22)14-16-6-3-2-4-7-16/h2-13,15H,14H2,1H3,(H,25,26,30)/t15-/m0/s1. The number of carbonyl (C=O) groups excluding carboxylic acids is 1. The average Bonchev–Trinajstić information content (AvgIpc) is 3.18. The number of nitrogens with zero attached hydrogens (tertiary/aromatic N) is 5. The van der Waals surface area contributed by atoms with Crippen LogP contribution in [0, 0.1) is 0 Å². The number of carbonyl (C=O) groups is 1. The molecule has 0 fully saturated rings. The first-order chi connectivity index (χ1) is 15.1. The van der Waals surface area contributed by atoms with Crippen LogP contribution in [0.4, 0.5) is 5.82 Å². The van der Waals surface area contributed by atoms with E-state index in [4.69, 9.17) is 11.6 Å². The quantitative estimate of drug-likeness (QED) is 0.415. The highest BCUT2D eigenvalue weighted by atomic mass is 35.5. The Kier molecular flexibility index (Phi) is 6.59. The van der Waals surface area contributed by atoms with Gasteiger partial charge in [0.05, 0.1) is 16.8 Å². The zero-order chi connectivity index (χ0) is 21.6. The second-order valence-corrected chi connectivity index (χ2v) is 8.48. The number of hydrogen-bond donors (Lipinski definition) is 1. The van der Waals surface area contributed by atoms with Gasteiger partial charge in [-0.15, -0.1) is 10.2 Å². The first-order valence-electron chi connectivity index (χ1n) is 9.57. The molecule has 9 heteroatoms. The van der Waals surface area contributed by atoms with Crippen LogP contribution in [0.5, 0.6) is 0 Å². The van der Waals surface area contributed by atoms with E-state index < -0.39 is 5.25 Å². The monoisotopic (exact) mass is 450 g/mol. The van der Waals surface area contributed by atoms with Crippen LogP contribution in [0.1, 0.15) is 12.5 Å². The Balaban J connectivity index is 1.57. The Morgan fingerprint density at radius 3 is 2.65 bits per heavy atom. The number of anilines is 1. The van der Waals surface area contributed by atoms with Crippen LogP contribution in [-0.2, 0) is 11.3 Å². The number of benzene rings is 1. The largest absolute Gasteiger partial charge is 0.310 e. The van der Waals surface area contributed by atoms with Crippen molar-refractivity contribution < 1.29 is 4.79 Å². The van der Waals surface area contributed by atoms with E-state index in [1.807, 2.05) is 54.0 Å². The summed E-state index contributed by atoms with van der Waals surface area (Å²) in [6.07, 6.45) is 4.96. The summed E-state index contributed by atoms with van der Waals surface area (Å²) < 4.78 is 2.00. The molecule has 0 aliphatic rings. The van der Waals surface area contributed by atoms with Crippen LogP contribution in [0.2, 0.25) is 5.02 Å². The van der Waals surface area contributed by atoms with E-state index >= 15 is 0 Å². The van der Waals surface area contributed by atoms with Gasteiger partial charge < -0.3 is 5.32 Å². The van der Waals surface area contributed by atoms with E-state index in [1.165, 1.54) is 18.0 Å². The summed E-state index contributed by atoms with van der Waals surface area (Å²) >= 11 is 7.19. The van der Waals surface area contributed by atoms with E-state index in [2.05, 4.69) is 25.5 Å². The van der Waals surface area contributed by atoms with Crippen LogP contribution < -0.4 is 5.32 Å². The summed E-state index contributed by atoms with van der Waals surface area (Å²) in [5.41, 5.74) is 1.97. The lowest BCUT2D eigenvalue weighted by Gasteiger charge is -2.14. The Morgan fingerprint density at radius 1 is 1.10 bits per heavy atom. The lowest BCUT2D eigenvalue weighted by molar-refractivity contribution is -0.115. The molecule has 1 amide bonds. The van der Waals surface area contributed by atoms with Crippen molar-refractivity contribution >= 4 is 35.1 Å². The molecule has 1 atom stereocenters. The molecule has 0 aliphatic heterocycles. The van der Waals surface area contributed by atoms with E-state index in [0.717, 1.165) is 11.1 Å². The molecule has 1 aromatic carbocycles.